The number of nitrogens with zero attached hydrogens (tertiary/aromatic N) is 1. The molecule has 0 amide bonds. The van der Waals surface area contributed by atoms with Crippen LogP contribution in [0.25, 0.3) is 6.08 Å². The van der Waals surface area contributed by atoms with Gasteiger partial charge in [0.25, 0.3) is 0 Å². The van der Waals surface area contributed by atoms with Gasteiger partial charge in [0.2, 0.25) is 0 Å². The molecule has 4 aromatic rings. The fourth-order valence-corrected chi connectivity index (χ4v) is 7.14. The first-order valence-corrected chi connectivity index (χ1v) is 13.7. The predicted molar refractivity (Wildman–Crippen MR) is 156 cm³/mol. The van der Waals surface area contributed by atoms with Crippen molar-refractivity contribution < 1.29 is 28.2 Å². The maximum absolute atomic E-state index is 14.7. The highest BCUT2D eigenvalue weighted by atomic mass is 19.1. The number of methoxy groups -OCH3 is 2. The van der Waals surface area contributed by atoms with Gasteiger partial charge in [-0.2, -0.15) is 0 Å². The van der Waals surface area contributed by atoms with Gasteiger partial charge in [0, 0.05) is 45.5 Å². The van der Waals surface area contributed by atoms with E-state index in [1.54, 1.807) is 84.9 Å². The third-order valence-electron chi connectivity index (χ3n) is 8.87. The molecule has 1 saturated heterocycles. The predicted octanol–water partition coefficient (Wildman–Crippen LogP) is 6.16. The number of carbonyl (C=O) groups excluding carboxylic acids is 3. The van der Waals surface area contributed by atoms with Crippen LogP contribution >= 0.6 is 0 Å². The van der Waals surface area contributed by atoms with Crippen LogP contribution in [0.15, 0.2) is 97.1 Å². The lowest BCUT2D eigenvalue weighted by Crippen LogP contribution is -2.48. The summed E-state index contributed by atoms with van der Waals surface area (Å²) in [5, 5.41) is 0. The van der Waals surface area contributed by atoms with Crippen molar-refractivity contribution in [3.8, 4) is 11.5 Å². The van der Waals surface area contributed by atoms with Gasteiger partial charge < -0.3 is 14.4 Å². The molecule has 0 bridgehead atoms. The Balaban J connectivity index is 1.57. The lowest BCUT2D eigenvalue weighted by molar-refractivity contribution is 0.0665. The highest BCUT2D eigenvalue weighted by Gasteiger charge is 2.72. The number of hydrogen-bond acceptors (Lipinski definition) is 6. The molecule has 4 aromatic carbocycles. The van der Waals surface area contributed by atoms with E-state index in [1.807, 2.05) is 11.0 Å². The summed E-state index contributed by atoms with van der Waals surface area (Å²) in [6.45, 7) is 0. The summed E-state index contributed by atoms with van der Waals surface area (Å²) in [7, 11) is 3.04. The van der Waals surface area contributed by atoms with Gasteiger partial charge in [-0.15, -0.1) is 0 Å². The number of fused-ring (bicyclic) bond motifs is 5. The highest BCUT2D eigenvalue weighted by Crippen LogP contribution is 2.62. The number of Topliss-reactive ketones (excluding diaryl/α,β-unsaturated/α-hetero) is 3. The van der Waals surface area contributed by atoms with Crippen LogP contribution in [0.3, 0.4) is 0 Å². The van der Waals surface area contributed by atoms with Gasteiger partial charge in [-0.1, -0.05) is 72.8 Å². The van der Waals surface area contributed by atoms with Crippen molar-refractivity contribution in [3.63, 3.8) is 0 Å². The molecule has 3 aliphatic rings. The van der Waals surface area contributed by atoms with Crippen LogP contribution in [0.5, 0.6) is 11.5 Å². The topological polar surface area (TPSA) is 72.9 Å². The van der Waals surface area contributed by atoms with E-state index < -0.39 is 29.2 Å². The van der Waals surface area contributed by atoms with Crippen LogP contribution in [-0.2, 0) is 0 Å². The van der Waals surface area contributed by atoms with Crippen LogP contribution in [0, 0.1) is 11.2 Å². The van der Waals surface area contributed by atoms with Crippen molar-refractivity contribution in [2.75, 3.05) is 19.1 Å². The van der Waals surface area contributed by atoms with Gasteiger partial charge in [0.05, 0.1) is 20.3 Å². The molecule has 7 heteroatoms. The summed E-state index contributed by atoms with van der Waals surface area (Å²) >= 11 is 0. The first-order valence-electron chi connectivity index (χ1n) is 13.7. The lowest BCUT2D eigenvalue weighted by Gasteiger charge is -2.37. The molecule has 208 valence electrons. The van der Waals surface area contributed by atoms with Crippen LogP contribution in [0.2, 0.25) is 0 Å². The summed E-state index contributed by atoms with van der Waals surface area (Å²) < 4.78 is 25.7. The molecule has 7 rings (SSSR count). The maximum atomic E-state index is 14.7. The third-order valence-corrected chi connectivity index (χ3v) is 8.87. The largest absolute Gasteiger partial charge is 0.497 e. The zero-order valence-electron chi connectivity index (χ0n) is 22.9. The Bertz CT molecular complexity index is 1780. The minimum Gasteiger partial charge on any atom is -0.497 e. The molecule has 0 radical (unpaired) electrons. The summed E-state index contributed by atoms with van der Waals surface area (Å²) in [5.74, 6) is -1.42. The van der Waals surface area contributed by atoms with Crippen LogP contribution < -0.4 is 14.4 Å². The summed E-state index contributed by atoms with van der Waals surface area (Å²) in [6.07, 6.45) is 3.51. The van der Waals surface area contributed by atoms with Crippen molar-refractivity contribution in [2.45, 2.75) is 18.0 Å². The van der Waals surface area contributed by atoms with E-state index in [0.717, 1.165) is 0 Å². The van der Waals surface area contributed by atoms with Crippen LogP contribution in [0.1, 0.15) is 48.1 Å². The maximum Gasteiger partial charge on any atom is 0.185 e. The number of rotatable bonds is 5. The van der Waals surface area contributed by atoms with Gasteiger partial charge in [-0.05, 0) is 24.3 Å². The first-order chi connectivity index (χ1) is 20.4. The fraction of sp³-hybridized carbons (Fsp3) is 0.171. The van der Waals surface area contributed by atoms with E-state index in [1.165, 1.54) is 26.4 Å². The highest BCUT2D eigenvalue weighted by molar-refractivity contribution is 6.32. The van der Waals surface area contributed by atoms with E-state index >= 15 is 0 Å². The Morgan fingerprint density at radius 1 is 0.833 bits per heavy atom. The Hall–Kier alpha value is -5.04. The van der Waals surface area contributed by atoms with Crippen LogP contribution in [0.4, 0.5) is 10.1 Å². The van der Waals surface area contributed by atoms with Gasteiger partial charge in [0.15, 0.2) is 17.3 Å². The molecule has 3 atom stereocenters. The number of anilines is 1. The molecule has 0 saturated carbocycles. The van der Waals surface area contributed by atoms with E-state index in [-0.39, 0.29) is 17.3 Å². The molecule has 0 aromatic heterocycles. The molecule has 42 heavy (non-hydrogen) atoms. The molecule has 1 fully saturated rings. The second-order valence-electron chi connectivity index (χ2n) is 10.7. The Kier molecular flexibility index (Phi) is 5.87. The minimum absolute atomic E-state index is 0.262. The minimum atomic E-state index is -1.69. The van der Waals surface area contributed by atoms with Crippen LogP contribution in [-0.4, -0.2) is 43.7 Å². The smallest absolute Gasteiger partial charge is 0.185 e. The monoisotopic (exact) mass is 559 g/mol. The molecule has 0 N–H and O–H groups in total. The Morgan fingerprint density at radius 3 is 2.19 bits per heavy atom. The van der Waals surface area contributed by atoms with Gasteiger partial charge >= 0.3 is 0 Å². The zero-order chi connectivity index (χ0) is 29.2. The number of halogens is 1. The number of ketones is 3. The van der Waals surface area contributed by atoms with Gasteiger partial charge in [-0.25, -0.2) is 4.39 Å². The van der Waals surface area contributed by atoms with Crippen molar-refractivity contribution in [2.24, 2.45) is 5.41 Å². The summed E-state index contributed by atoms with van der Waals surface area (Å²) in [5.41, 5.74) is 1.06. The number of benzene rings is 4. The first kappa shape index (κ1) is 25.9. The molecule has 0 unspecified atom stereocenters. The average molecular weight is 560 g/mol. The summed E-state index contributed by atoms with van der Waals surface area (Å²) in [6, 6.07) is 23.4. The summed E-state index contributed by atoms with van der Waals surface area (Å²) in [4.78, 5) is 46.0. The van der Waals surface area contributed by atoms with E-state index in [0.29, 0.717) is 45.0 Å². The van der Waals surface area contributed by atoms with E-state index in [2.05, 4.69) is 0 Å². The van der Waals surface area contributed by atoms with Crippen molar-refractivity contribution in [3.05, 3.63) is 131 Å². The fourth-order valence-electron chi connectivity index (χ4n) is 7.14. The van der Waals surface area contributed by atoms with E-state index in [4.69, 9.17) is 9.47 Å². The molecule has 6 nitrogen and oxygen atoms in total. The van der Waals surface area contributed by atoms with Gasteiger partial charge in [-0.3, -0.25) is 14.4 Å². The number of ether oxygens (including phenoxy) is 2. The molecular formula is C35H26FNO5. The molecular weight excluding hydrogens is 533 g/mol. The average Bonchev–Trinajstić information content (AvgIpc) is 3.46. The quantitative estimate of drug-likeness (QED) is 0.216. The third kappa shape index (κ3) is 3.40. The Morgan fingerprint density at radius 2 is 1.52 bits per heavy atom. The molecule has 2 heterocycles. The van der Waals surface area contributed by atoms with Crippen molar-refractivity contribution in [1.29, 1.82) is 0 Å². The molecule has 1 spiro atoms. The number of carbonyl (C=O) groups is 3. The van der Waals surface area contributed by atoms with Gasteiger partial charge in [0.1, 0.15) is 28.8 Å². The second-order valence-corrected chi connectivity index (χ2v) is 10.7. The number of hydrogen-bond donors (Lipinski definition) is 0. The standard InChI is InChI=1S/C35H26FNO5/c1-41-23-14-15-26(28(19-23)42-2)30-31(32(38)20-8-4-3-5-9-20)37-27-16-13-22(36)18-21(27)12-17-29(37)35(30)33(39)24-10-6-7-11-25(24)34(35)40/h3-19,29-31H,1-2H3/t29-,30+,31+/m1/s1. The lowest BCUT2D eigenvalue weighted by atomic mass is 9.64. The van der Waals surface area contributed by atoms with Crippen molar-refractivity contribution in [1.82, 2.24) is 0 Å². The molecule has 1 aliphatic carbocycles. The SMILES string of the molecule is COc1ccc([C@H]2[C@@H](C(=O)c3ccccc3)N3c4ccc(F)cc4C=C[C@@H]3C23C(=O)c2ccccc2C3=O)c(OC)c1. The zero-order valence-corrected chi connectivity index (χ0v) is 22.9. The van der Waals surface area contributed by atoms with Crippen molar-refractivity contribution >= 4 is 29.1 Å². The van der Waals surface area contributed by atoms with E-state index in [9.17, 15) is 18.8 Å². The normalized spacial score (nSPS) is 21.2. The Labute approximate surface area is 242 Å². The molecule has 2 aliphatic heterocycles. The second kappa shape index (κ2) is 9.52.